The van der Waals surface area contributed by atoms with E-state index in [1.807, 2.05) is 30.5 Å². The third kappa shape index (κ3) is 25.7. The average Bonchev–Trinajstić information content (AvgIpc) is 3.05. The SMILES string of the molecule is CC/C=C\C/C=C\C/C=C\C/C=C\C/C=C\CCCC(=O)NCCOCCNC(=O)C/C=C/c1ccc(CCN(C)CCC)nc1. The number of ether oxygens (including phenoxy) is 1. The first-order chi connectivity index (χ1) is 22.5. The van der Waals surface area contributed by atoms with Gasteiger partial charge < -0.3 is 20.3 Å². The third-order valence-corrected chi connectivity index (χ3v) is 6.89. The van der Waals surface area contributed by atoms with Crippen LogP contribution in [-0.2, 0) is 20.7 Å². The second kappa shape index (κ2) is 30.1. The molecule has 0 bridgehead atoms. The van der Waals surface area contributed by atoms with Gasteiger partial charge in [0.2, 0.25) is 11.8 Å². The molecule has 0 aliphatic rings. The minimum atomic E-state index is -0.0517. The van der Waals surface area contributed by atoms with Gasteiger partial charge in [-0.05, 0) is 76.6 Å². The molecule has 0 spiro atoms. The highest BCUT2D eigenvalue weighted by Gasteiger charge is 2.02. The maximum Gasteiger partial charge on any atom is 0.223 e. The van der Waals surface area contributed by atoms with Gasteiger partial charge in [0.15, 0.2) is 0 Å². The standard InChI is InChI=1S/C39H60N4O3/c1-4-6-7-8-9-10-11-12-13-14-15-16-17-18-19-20-21-24-38(44)40-29-33-46-34-30-41-39(45)25-22-23-36-26-27-37(42-35-36)28-32-43(3)31-5-2/h6-7,9-10,12-13,15-16,18-19,22-23,26-27,35H,4-5,8,11,14,17,20-21,24-25,28-34H2,1-3H3,(H,40,44)(H,41,45)/b7-6-,10-9-,13-12-,16-15-,19-18-,23-22+. The van der Waals surface area contributed by atoms with Crippen LogP contribution in [0.25, 0.3) is 6.08 Å². The van der Waals surface area contributed by atoms with E-state index in [-0.39, 0.29) is 11.8 Å². The van der Waals surface area contributed by atoms with Crippen LogP contribution in [0.15, 0.2) is 85.2 Å². The zero-order valence-corrected chi connectivity index (χ0v) is 28.8. The van der Waals surface area contributed by atoms with Crippen LogP contribution >= 0.6 is 0 Å². The Labute approximate surface area is 279 Å². The monoisotopic (exact) mass is 632 g/mol. The van der Waals surface area contributed by atoms with E-state index in [0.29, 0.717) is 39.1 Å². The van der Waals surface area contributed by atoms with Gasteiger partial charge in [0.25, 0.3) is 0 Å². The Kier molecular flexibility index (Phi) is 26.5. The van der Waals surface area contributed by atoms with Crippen molar-refractivity contribution in [2.75, 3.05) is 46.4 Å². The Bertz CT molecular complexity index is 1090. The van der Waals surface area contributed by atoms with E-state index < -0.39 is 0 Å². The van der Waals surface area contributed by atoms with Gasteiger partial charge in [-0.15, -0.1) is 0 Å². The minimum Gasteiger partial charge on any atom is -0.378 e. The number of allylic oxidation sites excluding steroid dienone is 10. The van der Waals surface area contributed by atoms with E-state index in [0.717, 1.165) is 82.1 Å². The van der Waals surface area contributed by atoms with Gasteiger partial charge in [0.1, 0.15) is 0 Å². The summed E-state index contributed by atoms with van der Waals surface area (Å²) in [5.41, 5.74) is 2.06. The largest absolute Gasteiger partial charge is 0.378 e. The number of nitrogens with zero attached hydrogens (tertiary/aromatic N) is 2. The van der Waals surface area contributed by atoms with Crippen LogP contribution in [-0.4, -0.2) is 68.1 Å². The number of amides is 2. The summed E-state index contributed by atoms with van der Waals surface area (Å²) in [5.74, 6) is -0.00957. The van der Waals surface area contributed by atoms with Crippen molar-refractivity contribution in [1.82, 2.24) is 20.5 Å². The molecule has 2 N–H and O–H groups in total. The smallest absolute Gasteiger partial charge is 0.223 e. The van der Waals surface area contributed by atoms with Crippen molar-refractivity contribution in [1.29, 1.82) is 0 Å². The van der Waals surface area contributed by atoms with E-state index in [2.05, 4.69) is 102 Å². The second-order valence-electron chi connectivity index (χ2n) is 11.2. The van der Waals surface area contributed by atoms with Gasteiger partial charge in [-0.1, -0.05) is 92.8 Å². The summed E-state index contributed by atoms with van der Waals surface area (Å²) in [6.45, 7) is 8.18. The van der Waals surface area contributed by atoms with Gasteiger partial charge in [0, 0.05) is 50.8 Å². The molecule has 0 saturated heterocycles. The molecule has 0 atom stereocenters. The highest BCUT2D eigenvalue weighted by molar-refractivity contribution is 5.78. The summed E-state index contributed by atoms with van der Waals surface area (Å²) < 4.78 is 5.52. The molecule has 0 aliphatic carbocycles. The molecule has 46 heavy (non-hydrogen) atoms. The van der Waals surface area contributed by atoms with Crippen LogP contribution in [0.3, 0.4) is 0 Å². The van der Waals surface area contributed by atoms with Crippen LogP contribution in [0.5, 0.6) is 0 Å². The predicted octanol–water partition coefficient (Wildman–Crippen LogP) is 7.54. The Morgan fingerprint density at radius 3 is 1.98 bits per heavy atom. The summed E-state index contributed by atoms with van der Waals surface area (Å²) in [6.07, 6.45) is 37.1. The van der Waals surface area contributed by atoms with Gasteiger partial charge in [-0.3, -0.25) is 14.6 Å². The number of unbranched alkanes of at least 4 members (excludes halogenated alkanes) is 1. The van der Waals surface area contributed by atoms with Gasteiger partial charge in [-0.25, -0.2) is 0 Å². The van der Waals surface area contributed by atoms with Gasteiger partial charge >= 0.3 is 0 Å². The molecule has 1 aromatic rings. The summed E-state index contributed by atoms with van der Waals surface area (Å²) in [5, 5.41) is 5.73. The molecule has 7 nitrogen and oxygen atoms in total. The average molecular weight is 633 g/mol. The van der Waals surface area contributed by atoms with Crippen LogP contribution in [0, 0.1) is 0 Å². The maximum atomic E-state index is 12.1. The van der Waals surface area contributed by atoms with E-state index in [1.54, 1.807) is 0 Å². The lowest BCUT2D eigenvalue weighted by Gasteiger charge is -2.14. The highest BCUT2D eigenvalue weighted by atomic mass is 16.5. The van der Waals surface area contributed by atoms with Crippen molar-refractivity contribution >= 4 is 17.9 Å². The van der Waals surface area contributed by atoms with E-state index >= 15 is 0 Å². The van der Waals surface area contributed by atoms with Crippen LogP contribution in [0.1, 0.15) is 89.3 Å². The van der Waals surface area contributed by atoms with Crippen LogP contribution < -0.4 is 10.6 Å². The summed E-state index contributed by atoms with van der Waals surface area (Å²) in [6, 6.07) is 4.09. The molecular weight excluding hydrogens is 572 g/mol. The Morgan fingerprint density at radius 1 is 0.783 bits per heavy atom. The first kappa shape index (κ1) is 40.5. The van der Waals surface area contributed by atoms with Gasteiger partial charge in [0.05, 0.1) is 13.2 Å². The first-order valence-corrected chi connectivity index (χ1v) is 17.2. The maximum absolute atomic E-state index is 12.1. The molecule has 0 aliphatic heterocycles. The lowest BCUT2D eigenvalue weighted by Crippen LogP contribution is -2.29. The Balaban J connectivity index is 1.96. The molecule has 1 heterocycles. The van der Waals surface area contributed by atoms with E-state index in [9.17, 15) is 9.59 Å². The Hall–Kier alpha value is -3.55. The number of hydrogen-bond donors (Lipinski definition) is 2. The highest BCUT2D eigenvalue weighted by Crippen LogP contribution is 2.05. The lowest BCUT2D eigenvalue weighted by atomic mass is 10.2. The van der Waals surface area contributed by atoms with Crippen molar-refractivity contribution in [2.45, 2.75) is 84.5 Å². The minimum absolute atomic E-state index is 0.0421. The normalized spacial score (nSPS) is 12.3. The third-order valence-electron chi connectivity index (χ3n) is 6.89. The molecule has 0 unspecified atom stereocenters. The number of hydrogen-bond acceptors (Lipinski definition) is 5. The van der Waals surface area contributed by atoms with Crippen molar-refractivity contribution in [3.63, 3.8) is 0 Å². The van der Waals surface area contributed by atoms with Crippen molar-refractivity contribution in [3.8, 4) is 0 Å². The molecular formula is C39H60N4O3. The second-order valence-corrected chi connectivity index (χ2v) is 11.2. The van der Waals surface area contributed by atoms with Crippen LogP contribution in [0.2, 0.25) is 0 Å². The number of pyridine rings is 1. The summed E-state index contributed by atoms with van der Waals surface area (Å²) >= 11 is 0. The number of carbonyl (C=O) groups excluding carboxylic acids is 2. The quantitative estimate of drug-likeness (QED) is 0.0774. The van der Waals surface area contributed by atoms with E-state index in [1.165, 1.54) is 0 Å². The lowest BCUT2D eigenvalue weighted by molar-refractivity contribution is -0.121. The first-order valence-electron chi connectivity index (χ1n) is 17.2. The molecule has 1 aromatic heterocycles. The number of likely N-dealkylation sites (N-methyl/N-ethyl adjacent to an activating group) is 1. The molecule has 2 amide bonds. The molecule has 0 aromatic carbocycles. The zero-order valence-electron chi connectivity index (χ0n) is 28.8. The molecule has 7 heteroatoms. The fourth-order valence-electron chi connectivity index (χ4n) is 4.32. The molecule has 254 valence electrons. The van der Waals surface area contributed by atoms with E-state index in [4.69, 9.17) is 4.74 Å². The zero-order chi connectivity index (χ0) is 33.3. The van der Waals surface area contributed by atoms with Gasteiger partial charge in [-0.2, -0.15) is 0 Å². The molecule has 0 fully saturated rings. The predicted molar refractivity (Wildman–Crippen MR) is 195 cm³/mol. The van der Waals surface area contributed by atoms with Crippen molar-refractivity contribution in [3.05, 3.63) is 96.4 Å². The molecule has 0 radical (unpaired) electrons. The van der Waals surface area contributed by atoms with Crippen molar-refractivity contribution < 1.29 is 14.3 Å². The topological polar surface area (TPSA) is 83.6 Å². The molecule has 1 rings (SSSR count). The summed E-state index contributed by atoms with van der Waals surface area (Å²) in [4.78, 5) is 30.9. The number of rotatable bonds is 27. The van der Waals surface area contributed by atoms with Crippen molar-refractivity contribution in [2.24, 2.45) is 0 Å². The summed E-state index contributed by atoms with van der Waals surface area (Å²) in [7, 11) is 2.13. The number of carbonyl (C=O) groups is 2. The molecule has 0 saturated carbocycles. The fourth-order valence-corrected chi connectivity index (χ4v) is 4.32. The van der Waals surface area contributed by atoms with Crippen LogP contribution in [0.4, 0.5) is 0 Å². The Morgan fingerprint density at radius 2 is 1.39 bits per heavy atom. The fraction of sp³-hybridized carbons (Fsp3) is 0.513. The number of nitrogens with one attached hydrogen (secondary N) is 2. The number of aromatic nitrogens is 1.